The third-order valence-electron chi connectivity index (χ3n) is 10.3. The minimum Gasteiger partial charge on any atom is -0.497 e. The van der Waals surface area contributed by atoms with Crippen LogP contribution in [0.25, 0.3) is 11.3 Å². The minimum absolute atomic E-state index is 0.00839. The zero-order chi connectivity index (χ0) is 26.9. The van der Waals surface area contributed by atoms with Gasteiger partial charge in [-0.05, 0) is 56.9 Å². The van der Waals surface area contributed by atoms with Crippen molar-refractivity contribution in [2.24, 2.45) is 16.7 Å². The molecular formula is C29H36O8. The van der Waals surface area contributed by atoms with Crippen molar-refractivity contribution in [1.82, 2.24) is 0 Å². The summed E-state index contributed by atoms with van der Waals surface area (Å²) in [5.41, 5.74) is -5.10. The molecule has 200 valence electrons. The topological polar surface area (TPSA) is 115 Å². The molecule has 0 spiro atoms. The van der Waals surface area contributed by atoms with Gasteiger partial charge in [0.15, 0.2) is 0 Å². The first-order valence-electron chi connectivity index (χ1n) is 12.9. The number of carbonyl (C=O) groups excluding carboxylic acids is 1. The summed E-state index contributed by atoms with van der Waals surface area (Å²) in [5, 5.41) is 24.9. The van der Waals surface area contributed by atoms with Gasteiger partial charge >= 0.3 is 5.63 Å². The van der Waals surface area contributed by atoms with Crippen LogP contribution in [0.4, 0.5) is 0 Å². The monoisotopic (exact) mass is 512 g/mol. The van der Waals surface area contributed by atoms with E-state index in [4.69, 9.17) is 18.6 Å². The van der Waals surface area contributed by atoms with Crippen molar-refractivity contribution in [3.8, 4) is 22.8 Å². The molecule has 5 rings (SSSR count). The van der Waals surface area contributed by atoms with Crippen molar-refractivity contribution in [2.45, 2.75) is 76.6 Å². The van der Waals surface area contributed by atoms with Gasteiger partial charge < -0.3 is 28.8 Å². The van der Waals surface area contributed by atoms with Crippen LogP contribution in [0.2, 0.25) is 0 Å². The largest absolute Gasteiger partial charge is 0.497 e. The summed E-state index contributed by atoms with van der Waals surface area (Å²) in [5.74, 6) is 1.39. The van der Waals surface area contributed by atoms with Crippen LogP contribution in [-0.4, -0.2) is 47.2 Å². The molecule has 0 saturated heterocycles. The highest BCUT2D eigenvalue weighted by molar-refractivity contribution is 5.61. The second-order valence-corrected chi connectivity index (χ2v) is 11.9. The van der Waals surface area contributed by atoms with Gasteiger partial charge in [-0.3, -0.25) is 4.79 Å². The van der Waals surface area contributed by atoms with E-state index in [9.17, 15) is 19.8 Å². The average molecular weight is 513 g/mol. The fourth-order valence-corrected chi connectivity index (χ4v) is 7.54. The van der Waals surface area contributed by atoms with Gasteiger partial charge in [0.25, 0.3) is 6.47 Å². The molecule has 0 amide bonds. The van der Waals surface area contributed by atoms with Gasteiger partial charge in [0, 0.05) is 34.8 Å². The molecule has 0 unspecified atom stereocenters. The Kier molecular flexibility index (Phi) is 5.81. The standard InChI is InChI=1S/C29H36O8/c1-25(2)19(16-35-17-30)10-11-26(3)28(25,32)13-12-27(4)29(26,33)15-21-23(37-27)14-22(36-24(21)31)18-6-8-20(34-5)9-7-18/h6-9,14,17,19,32-33H,10-13,15-16H2,1-5H3/t19-,26-,27+,28+,29-/m0/s1. The highest BCUT2D eigenvalue weighted by Crippen LogP contribution is 2.69. The SMILES string of the molecule is COc1ccc(-c2cc3c(c(=O)o2)C[C@]2(O)[C@@]4(C)CC[C@@H](COC=O)C(C)(C)[C@]4(O)CC[C@@]2(C)O3)cc1. The van der Waals surface area contributed by atoms with Crippen LogP contribution in [0, 0.1) is 16.7 Å². The van der Waals surface area contributed by atoms with Crippen LogP contribution in [0.5, 0.6) is 11.5 Å². The first-order valence-corrected chi connectivity index (χ1v) is 12.9. The predicted octanol–water partition coefficient (Wildman–Crippen LogP) is 3.88. The smallest absolute Gasteiger partial charge is 0.343 e. The van der Waals surface area contributed by atoms with Crippen molar-refractivity contribution in [2.75, 3.05) is 13.7 Å². The Labute approximate surface area is 216 Å². The highest BCUT2D eigenvalue weighted by atomic mass is 16.5. The summed E-state index contributed by atoms with van der Waals surface area (Å²) < 4.78 is 22.5. The Morgan fingerprint density at radius 2 is 1.76 bits per heavy atom. The van der Waals surface area contributed by atoms with Crippen LogP contribution in [0.15, 0.2) is 39.5 Å². The van der Waals surface area contributed by atoms with Gasteiger partial charge in [0.05, 0.1) is 24.9 Å². The molecule has 8 heteroatoms. The lowest BCUT2D eigenvalue weighted by Gasteiger charge is -2.71. The summed E-state index contributed by atoms with van der Waals surface area (Å²) in [6.07, 6.45) is 1.93. The maximum absolute atomic E-state index is 13.2. The normalized spacial score (nSPS) is 35.8. The predicted molar refractivity (Wildman–Crippen MR) is 135 cm³/mol. The molecule has 2 saturated carbocycles. The van der Waals surface area contributed by atoms with E-state index in [2.05, 4.69) is 0 Å². The maximum Gasteiger partial charge on any atom is 0.343 e. The third-order valence-corrected chi connectivity index (χ3v) is 10.3. The molecule has 1 aromatic heterocycles. The van der Waals surface area contributed by atoms with E-state index in [1.165, 1.54) is 0 Å². The molecule has 2 N–H and O–H groups in total. The van der Waals surface area contributed by atoms with E-state index < -0.39 is 33.3 Å². The summed E-state index contributed by atoms with van der Waals surface area (Å²) in [6, 6.07) is 8.90. The zero-order valence-corrected chi connectivity index (χ0v) is 22.1. The van der Waals surface area contributed by atoms with Gasteiger partial charge in [-0.25, -0.2) is 4.79 Å². The van der Waals surface area contributed by atoms with E-state index in [1.807, 2.05) is 27.7 Å². The fourth-order valence-electron chi connectivity index (χ4n) is 7.54. The number of hydrogen-bond donors (Lipinski definition) is 2. The Bertz CT molecular complexity index is 1270. The van der Waals surface area contributed by atoms with Crippen molar-refractivity contribution < 1.29 is 33.6 Å². The molecule has 5 atom stereocenters. The first kappa shape index (κ1) is 25.8. The van der Waals surface area contributed by atoms with Gasteiger partial charge in [-0.15, -0.1) is 0 Å². The van der Waals surface area contributed by atoms with Gasteiger partial charge in [-0.1, -0.05) is 20.8 Å². The van der Waals surface area contributed by atoms with E-state index in [1.54, 1.807) is 37.4 Å². The second kappa shape index (κ2) is 8.33. The lowest BCUT2D eigenvalue weighted by molar-refractivity contribution is -0.337. The number of aliphatic hydroxyl groups is 2. The fraction of sp³-hybridized carbons (Fsp3) is 0.586. The van der Waals surface area contributed by atoms with E-state index >= 15 is 0 Å². The minimum atomic E-state index is -1.54. The van der Waals surface area contributed by atoms with E-state index in [0.717, 1.165) is 0 Å². The summed E-state index contributed by atoms with van der Waals surface area (Å²) in [6.45, 7) is 8.37. The van der Waals surface area contributed by atoms with Crippen LogP contribution < -0.4 is 15.1 Å². The number of hydrogen-bond acceptors (Lipinski definition) is 8. The average Bonchev–Trinajstić information content (AvgIpc) is 2.86. The van der Waals surface area contributed by atoms with Crippen molar-refractivity contribution in [3.63, 3.8) is 0 Å². The highest BCUT2D eigenvalue weighted by Gasteiger charge is 2.76. The molecule has 2 aromatic rings. The van der Waals surface area contributed by atoms with Crippen LogP contribution in [-0.2, 0) is 16.0 Å². The van der Waals surface area contributed by atoms with Crippen LogP contribution >= 0.6 is 0 Å². The van der Waals surface area contributed by atoms with Gasteiger partial charge in [-0.2, -0.15) is 0 Å². The van der Waals surface area contributed by atoms with Gasteiger partial charge in [0.2, 0.25) is 0 Å². The van der Waals surface area contributed by atoms with Crippen molar-refractivity contribution in [1.29, 1.82) is 0 Å². The molecule has 1 aliphatic heterocycles. The summed E-state index contributed by atoms with van der Waals surface area (Å²) in [4.78, 5) is 24.1. The van der Waals surface area contributed by atoms with E-state index in [0.29, 0.717) is 55.0 Å². The number of rotatable bonds is 5. The molecule has 0 bridgehead atoms. The Balaban J connectivity index is 1.57. The van der Waals surface area contributed by atoms with Crippen molar-refractivity contribution in [3.05, 3.63) is 46.3 Å². The van der Waals surface area contributed by atoms with Crippen LogP contribution in [0.3, 0.4) is 0 Å². The molecule has 2 fully saturated rings. The zero-order valence-electron chi connectivity index (χ0n) is 22.1. The number of benzene rings is 1. The quantitative estimate of drug-likeness (QED) is 0.580. The van der Waals surface area contributed by atoms with Gasteiger partial charge in [0.1, 0.15) is 28.5 Å². The molecule has 2 heterocycles. The molecule has 0 radical (unpaired) electrons. The van der Waals surface area contributed by atoms with Crippen molar-refractivity contribution >= 4 is 6.47 Å². The molecule has 1 aromatic carbocycles. The number of methoxy groups -OCH3 is 1. The molecule has 3 aliphatic rings. The molecular weight excluding hydrogens is 476 g/mol. The first-order chi connectivity index (χ1) is 17.4. The number of ether oxygens (including phenoxy) is 3. The number of carbonyl (C=O) groups is 1. The second-order valence-electron chi connectivity index (χ2n) is 11.9. The molecule has 37 heavy (non-hydrogen) atoms. The Hall–Kier alpha value is -2.84. The summed E-state index contributed by atoms with van der Waals surface area (Å²) in [7, 11) is 1.59. The lowest BCUT2D eigenvalue weighted by atomic mass is 9.38. The molecule has 8 nitrogen and oxygen atoms in total. The van der Waals surface area contributed by atoms with E-state index in [-0.39, 0.29) is 24.5 Å². The maximum atomic E-state index is 13.2. The summed E-state index contributed by atoms with van der Waals surface area (Å²) >= 11 is 0. The third kappa shape index (κ3) is 3.34. The molecule has 2 aliphatic carbocycles. The lowest BCUT2D eigenvalue weighted by Crippen LogP contribution is -2.81. The Morgan fingerprint density at radius 1 is 1.05 bits per heavy atom. The van der Waals surface area contributed by atoms with Crippen LogP contribution in [0.1, 0.15) is 58.9 Å². The Morgan fingerprint density at radius 3 is 2.41 bits per heavy atom. The number of fused-ring (bicyclic) bond motifs is 4.